The van der Waals surface area contributed by atoms with Crippen molar-refractivity contribution in [1.82, 2.24) is 0 Å². The number of halogens is 13. The van der Waals surface area contributed by atoms with E-state index in [2.05, 4.69) is 8.37 Å². The van der Waals surface area contributed by atoms with Gasteiger partial charge in [0, 0.05) is 0 Å². The van der Waals surface area contributed by atoms with E-state index in [1.165, 1.54) is 0 Å². The molecular formula is C8H3F13O3S. The fourth-order valence-corrected chi connectivity index (χ4v) is 2.07. The normalized spacial score (nSPS) is 24.7. The van der Waals surface area contributed by atoms with Crippen LogP contribution < -0.4 is 0 Å². The van der Waals surface area contributed by atoms with Crippen molar-refractivity contribution in [2.45, 2.75) is 41.9 Å². The molecule has 0 radical (unpaired) electrons. The van der Waals surface area contributed by atoms with E-state index in [0.29, 0.717) is 0 Å². The zero-order valence-electron chi connectivity index (χ0n) is 10.8. The molecule has 25 heavy (non-hydrogen) atoms. The summed E-state index contributed by atoms with van der Waals surface area (Å²) in [4.78, 5) is 0. The number of hydrogen-bond donors (Lipinski definition) is 0. The minimum atomic E-state index is -7.98. The topological polar surface area (TPSA) is 35.5 Å². The molecule has 1 saturated heterocycles. The molecule has 1 fully saturated rings. The fraction of sp³-hybridized carbons (Fsp3) is 1.00. The van der Waals surface area contributed by atoms with Crippen LogP contribution in [-0.4, -0.2) is 52.7 Å². The van der Waals surface area contributed by atoms with Crippen molar-refractivity contribution in [3.63, 3.8) is 0 Å². The Morgan fingerprint density at radius 2 is 1.08 bits per heavy atom. The third-order valence-electron chi connectivity index (χ3n) is 2.87. The summed E-state index contributed by atoms with van der Waals surface area (Å²) >= 11 is -3.19. The Morgan fingerprint density at radius 1 is 0.680 bits per heavy atom. The number of rotatable bonds is 5. The smallest absolute Gasteiger partial charge is 0.265 e. The summed E-state index contributed by atoms with van der Waals surface area (Å²) in [5, 5.41) is 0. The first-order valence-corrected chi connectivity index (χ1v) is 6.43. The second-order valence-electron chi connectivity index (χ2n) is 4.49. The van der Waals surface area contributed by atoms with E-state index in [1.54, 1.807) is 0 Å². The Labute approximate surface area is 130 Å². The Hall–Kier alpha value is -0.840. The van der Waals surface area contributed by atoms with Crippen LogP contribution in [-0.2, 0) is 19.7 Å². The van der Waals surface area contributed by atoms with Gasteiger partial charge in [-0.2, -0.15) is 61.3 Å². The van der Waals surface area contributed by atoms with Crippen molar-refractivity contribution in [2.75, 3.05) is 6.61 Å². The minimum absolute atomic E-state index is 1.83. The van der Waals surface area contributed by atoms with Crippen molar-refractivity contribution < 1.29 is 69.7 Å². The fourth-order valence-electron chi connectivity index (χ4n) is 1.42. The van der Waals surface area contributed by atoms with Gasteiger partial charge in [0.2, 0.25) is 0 Å². The van der Waals surface area contributed by atoms with Gasteiger partial charge >= 0.3 is 47.2 Å². The maximum Gasteiger partial charge on any atom is 0.460 e. The van der Waals surface area contributed by atoms with Gasteiger partial charge in [-0.15, -0.1) is 0 Å². The highest BCUT2D eigenvalue weighted by Crippen LogP contribution is 2.61. The van der Waals surface area contributed by atoms with Gasteiger partial charge in [0.1, 0.15) is 6.61 Å². The summed E-state index contributed by atoms with van der Waals surface area (Å²) in [5.41, 5.74) is 0. The summed E-state index contributed by atoms with van der Waals surface area (Å²) < 4.78 is 183. The molecule has 0 amide bonds. The largest absolute Gasteiger partial charge is 0.460 e. The molecule has 0 aliphatic carbocycles. The van der Waals surface area contributed by atoms with Gasteiger partial charge in [0.25, 0.3) is 0 Å². The van der Waals surface area contributed by atoms with Crippen LogP contribution >= 0.6 is 0 Å². The summed E-state index contributed by atoms with van der Waals surface area (Å²) in [7, 11) is 0. The predicted molar refractivity (Wildman–Crippen MR) is 49.8 cm³/mol. The molecule has 0 N–H and O–H groups in total. The third-order valence-corrected chi connectivity index (χ3v) is 3.59. The van der Waals surface area contributed by atoms with Crippen LogP contribution in [0, 0.1) is 0 Å². The lowest BCUT2D eigenvalue weighted by atomic mass is 9.92. The first kappa shape index (κ1) is 22.2. The van der Waals surface area contributed by atoms with Gasteiger partial charge in [-0.25, -0.2) is 0 Å². The molecular weight excluding hydrogens is 423 g/mol. The van der Waals surface area contributed by atoms with E-state index in [1.807, 2.05) is 0 Å². The lowest BCUT2D eigenvalue weighted by molar-refractivity contribution is -0.443. The number of hydrogen-bond acceptors (Lipinski definition) is 3. The second kappa shape index (κ2) is 5.83. The lowest BCUT2D eigenvalue weighted by Gasteiger charge is -2.40. The summed E-state index contributed by atoms with van der Waals surface area (Å²) in [6.45, 7) is -1.83. The van der Waals surface area contributed by atoms with Crippen molar-refractivity contribution in [1.29, 1.82) is 0 Å². The highest BCUT2D eigenvalue weighted by Gasteiger charge is 2.91. The molecule has 1 aliphatic rings. The third kappa shape index (κ3) is 2.96. The van der Waals surface area contributed by atoms with Gasteiger partial charge in [-0.3, -0.25) is 8.37 Å². The Morgan fingerprint density at radius 3 is 1.40 bits per heavy atom. The first-order chi connectivity index (χ1) is 10.7. The van der Waals surface area contributed by atoms with Gasteiger partial charge < -0.3 is 0 Å². The van der Waals surface area contributed by atoms with E-state index < -0.39 is 59.9 Å². The van der Waals surface area contributed by atoms with Crippen LogP contribution in [0.3, 0.4) is 0 Å². The SMILES string of the molecule is O=S1OCC(C(F)(F)C(F)(F)C(F)(F)C(F)(F)C(F)(F)C(F)(F)F)O1. The standard InChI is InChI=1S/C8H3F13O3S/c9-3(10,2-1-23-25(22)24-2)4(11,12)5(13,14)6(15,16)7(17,18)8(19,20)21/h2H,1H2. The highest BCUT2D eigenvalue weighted by molar-refractivity contribution is 7.75. The molecule has 1 aliphatic heterocycles. The Bertz CT molecular complexity index is 542. The van der Waals surface area contributed by atoms with Crippen LogP contribution in [0.5, 0.6) is 0 Å². The van der Waals surface area contributed by atoms with Crippen LogP contribution in [0.15, 0.2) is 0 Å². The summed E-state index contributed by atoms with van der Waals surface area (Å²) in [6.07, 6.45) is -11.1. The van der Waals surface area contributed by atoms with Crippen molar-refractivity contribution >= 4 is 11.4 Å². The van der Waals surface area contributed by atoms with E-state index in [4.69, 9.17) is 0 Å². The molecule has 1 rings (SSSR count). The monoisotopic (exact) mass is 426 g/mol. The van der Waals surface area contributed by atoms with Crippen LogP contribution in [0.4, 0.5) is 57.1 Å². The van der Waals surface area contributed by atoms with Crippen molar-refractivity contribution in [3.05, 3.63) is 0 Å². The molecule has 0 aromatic rings. The predicted octanol–water partition coefficient (Wildman–Crippen LogP) is 3.72. The van der Waals surface area contributed by atoms with E-state index in [-0.39, 0.29) is 0 Å². The van der Waals surface area contributed by atoms with E-state index in [9.17, 15) is 61.3 Å². The highest BCUT2D eigenvalue weighted by atomic mass is 32.2. The molecule has 2 atom stereocenters. The lowest BCUT2D eigenvalue weighted by Crippen LogP contribution is -2.71. The van der Waals surface area contributed by atoms with Crippen LogP contribution in [0.1, 0.15) is 0 Å². The van der Waals surface area contributed by atoms with Crippen molar-refractivity contribution in [2.24, 2.45) is 0 Å². The van der Waals surface area contributed by atoms with E-state index >= 15 is 0 Å². The molecule has 2 unspecified atom stereocenters. The molecule has 150 valence electrons. The molecule has 0 aromatic carbocycles. The van der Waals surface area contributed by atoms with Gasteiger partial charge in [0.05, 0.1) is 0 Å². The molecule has 0 bridgehead atoms. The average Bonchev–Trinajstić information content (AvgIpc) is 2.83. The maximum atomic E-state index is 13.4. The van der Waals surface area contributed by atoms with Crippen LogP contribution in [0.25, 0.3) is 0 Å². The molecule has 0 saturated carbocycles. The molecule has 1 heterocycles. The molecule has 0 aromatic heterocycles. The summed E-state index contributed by atoms with van der Waals surface area (Å²) in [6, 6.07) is 0. The minimum Gasteiger partial charge on any atom is -0.265 e. The zero-order chi connectivity index (χ0) is 20.3. The summed E-state index contributed by atoms with van der Waals surface area (Å²) in [5.74, 6) is -37.6. The Kier molecular flexibility index (Phi) is 5.18. The quantitative estimate of drug-likeness (QED) is 0.629. The van der Waals surface area contributed by atoms with Crippen molar-refractivity contribution in [3.8, 4) is 0 Å². The van der Waals surface area contributed by atoms with Gasteiger partial charge in [-0.1, -0.05) is 0 Å². The van der Waals surface area contributed by atoms with E-state index in [0.717, 1.165) is 0 Å². The molecule has 17 heteroatoms. The molecule has 3 nitrogen and oxygen atoms in total. The average molecular weight is 426 g/mol. The first-order valence-electron chi connectivity index (χ1n) is 5.43. The Balaban J connectivity index is 3.40. The maximum absolute atomic E-state index is 13.4. The van der Waals surface area contributed by atoms with Crippen LogP contribution in [0.2, 0.25) is 0 Å². The van der Waals surface area contributed by atoms with Gasteiger partial charge in [-0.05, 0) is 0 Å². The zero-order valence-corrected chi connectivity index (χ0v) is 11.6. The van der Waals surface area contributed by atoms with Gasteiger partial charge in [0.15, 0.2) is 6.10 Å². The second-order valence-corrected chi connectivity index (χ2v) is 5.33. The molecule has 0 spiro atoms. The number of alkyl halides is 13.